The number of anilines is 2. The molecule has 3 heterocycles. The van der Waals surface area contributed by atoms with E-state index in [1.54, 1.807) is 18.5 Å². The van der Waals surface area contributed by atoms with E-state index in [1.165, 1.54) is 6.33 Å². The smallest absolute Gasteiger partial charge is 0.238 e. The monoisotopic (exact) mass is 430 g/mol. The van der Waals surface area contributed by atoms with Crippen LogP contribution in [0.25, 0.3) is 11.2 Å². The number of aromatic amines is 1. The van der Waals surface area contributed by atoms with Gasteiger partial charge >= 0.3 is 0 Å². The minimum Gasteiger partial charge on any atom is -0.340 e. The maximum atomic E-state index is 11.9. The first-order valence-corrected chi connectivity index (χ1v) is 11.3. The number of hydrogen-bond acceptors (Lipinski definition) is 8. The maximum Gasteiger partial charge on any atom is 0.238 e. The Labute approximate surface area is 175 Å². The summed E-state index contributed by atoms with van der Waals surface area (Å²) < 4.78 is 23.8. The standard InChI is InChI=1S/C19H26N8O2S/c1-26(2)14-5-7-27(8-6-14)10-13-3-4-15(30(20,28)29)9-16(13)25-19-17-18(22-11-21-17)23-12-24-19/h3-4,9,11-12,14H,5-8,10H2,1-2H3,(H2,20,28,29)(H2,21,22,23,24,25). The van der Waals surface area contributed by atoms with Crippen molar-refractivity contribution in [3.63, 3.8) is 0 Å². The second-order valence-corrected chi connectivity index (χ2v) is 9.34. The van der Waals surface area contributed by atoms with Gasteiger partial charge in [-0.3, -0.25) is 4.90 Å². The number of primary sulfonamides is 1. The number of nitrogens with two attached hydrogens (primary N) is 1. The fraction of sp³-hybridized carbons (Fsp3) is 0.421. The largest absolute Gasteiger partial charge is 0.340 e. The zero-order chi connectivity index (χ0) is 21.3. The summed E-state index contributed by atoms with van der Waals surface area (Å²) in [6, 6.07) is 5.51. The lowest BCUT2D eigenvalue weighted by molar-refractivity contribution is 0.140. The van der Waals surface area contributed by atoms with E-state index in [0.29, 0.717) is 35.3 Å². The lowest BCUT2D eigenvalue weighted by Crippen LogP contribution is -2.41. The Morgan fingerprint density at radius 2 is 2.00 bits per heavy atom. The van der Waals surface area contributed by atoms with Gasteiger partial charge in [0.2, 0.25) is 10.0 Å². The van der Waals surface area contributed by atoms with E-state index >= 15 is 0 Å². The van der Waals surface area contributed by atoms with Crippen LogP contribution in [-0.2, 0) is 16.6 Å². The van der Waals surface area contributed by atoms with Crippen molar-refractivity contribution in [1.82, 2.24) is 29.7 Å². The third-order valence-electron chi connectivity index (χ3n) is 5.57. The summed E-state index contributed by atoms with van der Waals surface area (Å²) in [6.45, 7) is 2.67. The summed E-state index contributed by atoms with van der Waals surface area (Å²) in [4.78, 5) is 20.3. The van der Waals surface area contributed by atoms with Crippen molar-refractivity contribution in [2.24, 2.45) is 5.14 Å². The van der Waals surface area contributed by atoms with E-state index in [1.807, 2.05) is 6.07 Å². The first-order chi connectivity index (χ1) is 14.3. The van der Waals surface area contributed by atoms with E-state index in [0.717, 1.165) is 31.5 Å². The van der Waals surface area contributed by atoms with E-state index < -0.39 is 10.0 Å². The third-order valence-corrected chi connectivity index (χ3v) is 6.48. The average molecular weight is 431 g/mol. The fourth-order valence-corrected chi connectivity index (χ4v) is 4.35. The van der Waals surface area contributed by atoms with Crippen molar-refractivity contribution < 1.29 is 8.42 Å². The molecule has 1 saturated heterocycles. The Bertz CT molecular complexity index is 1140. The van der Waals surface area contributed by atoms with Crippen LogP contribution in [-0.4, -0.2) is 71.4 Å². The second kappa shape index (κ2) is 8.26. The van der Waals surface area contributed by atoms with Crippen LogP contribution < -0.4 is 10.5 Å². The van der Waals surface area contributed by atoms with Gasteiger partial charge in [0.1, 0.15) is 11.8 Å². The van der Waals surface area contributed by atoms with E-state index in [2.05, 4.69) is 49.1 Å². The van der Waals surface area contributed by atoms with Crippen LogP contribution in [0.1, 0.15) is 18.4 Å². The highest BCUT2D eigenvalue weighted by molar-refractivity contribution is 7.89. The zero-order valence-electron chi connectivity index (χ0n) is 17.0. The predicted octanol–water partition coefficient (Wildman–Crippen LogP) is 1.27. The molecule has 10 nitrogen and oxygen atoms in total. The number of H-pyrrole nitrogens is 1. The zero-order valence-corrected chi connectivity index (χ0v) is 17.9. The van der Waals surface area contributed by atoms with Crippen LogP contribution in [0.2, 0.25) is 0 Å². The Balaban J connectivity index is 1.63. The highest BCUT2D eigenvalue weighted by Gasteiger charge is 2.22. The maximum absolute atomic E-state index is 11.9. The summed E-state index contributed by atoms with van der Waals surface area (Å²) in [7, 11) is 0.407. The van der Waals surface area contributed by atoms with Crippen molar-refractivity contribution in [3.05, 3.63) is 36.4 Å². The topological polar surface area (TPSA) is 133 Å². The Kier molecular flexibility index (Phi) is 5.69. The first kappa shape index (κ1) is 20.7. The van der Waals surface area contributed by atoms with Gasteiger partial charge in [0, 0.05) is 18.3 Å². The number of piperidine rings is 1. The summed E-state index contributed by atoms with van der Waals surface area (Å²) in [6.07, 6.45) is 5.17. The van der Waals surface area contributed by atoms with Crippen molar-refractivity contribution >= 4 is 32.7 Å². The number of likely N-dealkylation sites (tertiary alicyclic amines) is 1. The SMILES string of the molecule is CN(C)C1CCN(Cc2ccc(S(N)(=O)=O)cc2Nc2ncnc3nc[nH]c23)CC1. The van der Waals surface area contributed by atoms with Crippen LogP contribution in [0.3, 0.4) is 0 Å². The molecule has 4 rings (SSSR count). The number of nitrogens with one attached hydrogen (secondary N) is 2. The van der Waals surface area contributed by atoms with Crippen LogP contribution in [0.15, 0.2) is 35.7 Å². The van der Waals surface area contributed by atoms with Crippen LogP contribution in [0.4, 0.5) is 11.5 Å². The van der Waals surface area contributed by atoms with Gasteiger partial charge in [0.15, 0.2) is 11.5 Å². The molecule has 1 aliphatic rings. The molecule has 3 aromatic rings. The van der Waals surface area contributed by atoms with Crippen molar-refractivity contribution in [2.45, 2.75) is 30.3 Å². The molecule has 11 heteroatoms. The molecule has 0 amide bonds. The highest BCUT2D eigenvalue weighted by atomic mass is 32.2. The Morgan fingerprint density at radius 1 is 1.23 bits per heavy atom. The molecule has 0 atom stereocenters. The number of sulfonamides is 1. The summed E-state index contributed by atoms with van der Waals surface area (Å²) in [5.41, 5.74) is 2.79. The number of benzene rings is 1. The van der Waals surface area contributed by atoms with Gasteiger partial charge in [-0.05, 0) is 57.7 Å². The molecule has 1 aromatic carbocycles. The van der Waals surface area contributed by atoms with Crippen LogP contribution in [0, 0.1) is 0 Å². The van der Waals surface area contributed by atoms with Crippen molar-refractivity contribution in [3.8, 4) is 0 Å². The molecule has 0 saturated carbocycles. The fourth-order valence-electron chi connectivity index (χ4n) is 3.81. The van der Waals surface area contributed by atoms with E-state index in [4.69, 9.17) is 5.14 Å². The van der Waals surface area contributed by atoms with Gasteiger partial charge in [-0.25, -0.2) is 28.5 Å². The summed E-state index contributed by atoms with van der Waals surface area (Å²) in [5.74, 6) is 0.525. The number of hydrogen-bond donors (Lipinski definition) is 3. The predicted molar refractivity (Wildman–Crippen MR) is 115 cm³/mol. The first-order valence-electron chi connectivity index (χ1n) is 9.77. The van der Waals surface area contributed by atoms with Crippen molar-refractivity contribution in [1.29, 1.82) is 0 Å². The lowest BCUT2D eigenvalue weighted by atomic mass is 10.0. The molecule has 30 heavy (non-hydrogen) atoms. The normalized spacial score (nSPS) is 16.4. The number of aromatic nitrogens is 4. The van der Waals surface area contributed by atoms with Crippen LogP contribution in [0.5, 0.6) is 0 Å². The Hall–Kier alpha value is -2.60. The number of rotatable bonds is 6. The summed E-state index contributed by atoms with van der Waals surface area (Å²) >= 11 is 0. The van der Waals surface area contributed by atoms with Gasteiger partial charge in [-0.2, -0.15) is 0 Å². The molecule has 2 aromatic heterocycles. The highest BCUT2D eigenvalue weighted by Crippen LogP contribution is 2.28. The molecule has 160 valence electrons. The molecule has 0 bridgehead atoms. The molecule has 4 N–H and O–H groups in total. The summed E-state index contributed by atoms with van der Waals surface area (Å²) in [5, 5.41) is 8.61. The lowest BCUT2D eigenvalue weighted by Gasteiger charge is -2.35. The van der Waals surface area contributed by atoms with Crippen LogP contribution >= 0.6 is 0 Å². The van der Waals surface area contributed by atoms with Gasteiger partial charge in [0.05, 0.1) is 11.2 Å². The molecule has 0 unspecified atom stereocenters. The van der Waals surface area contributed by atoms with Gasteiger partial charge in [-0.1, -0.05) is 6.07 Å². The minimum absolute atomic E-state index is 0.0509. The van der Waals surface area contributed by atoms with E-state index in [-0.39, 0.29) is 4.90 Å². The van der Waals surface area contributed by atoms with Gasteiger partial charge in [-0.15, -0.1) is 0 Å². The number of imidazole rings is 1. The molecule has 1 aliphatic heterocycles. The molecular formula is C19H26N8O2S. The number of fused-ring (bicyclic) bond motifs is 1. The van der Waals surface area contributed by atoms with Crippen molar-refractivity contribution in [2.75, 3.05) is 32.5 Å². The molecule has 0 radical (unpaired) electrons. The Morgan fingerprint density at radius 3 is 2.70 bits per heavy atom. The van der Waals surface area contributed by atoms with Gasteiger partial charge in [0.25, 0.3) is 0 Å². The third kappa shape index (κ3) is 4.43. The minimum atomic E-state index is -3.83. The quantitative estimate of drug-likeness (QED) is 0.532. The molecule has 1 fully saturated rings. The second-order valence-electron chi connectivity index (χ2n) is 7.78. The average Bonchev–Trinajstić information content (AvgIpc) is 3.19. The molecular weight excluding hydrogens is 404 g/mol. The molecule has 0 aliphatic carbocycles. The van der Waals surface area contributed by atoms with Gasteiger partial charge < -0.3 is 15.2 Å². The van der Waals surface area contributed by atoms with E-state index in [9.17, 15) is 8.42 Å². The molecule has 0 spiro atoms. The number of nitrogens with zero attached hydrogens (tertiary/aromatic N) is 5.